The molecular formula is C16H20O2Si. The highest BCUT2D eigenvalue weighted by atomic mass is 28.3. The van der Waals surface area contributed by atoms with Crippen molar-refractivity contribution < 1.29 is 9.90 Å². The molecular weight excluding hydrogens is 252 g/mol. The summed E-state index contributed by atoms with van der Waals surface area (Å²) in [5, 5.41) is 9.47. The SMILES string of the molecule is CC(C#C[Si](C)(C)C)C1Cc2ccc(O)cc2C1=O. The van der Waals surface area contributed by atoms with Crippen LogP contribution in [0.5, 0.6) is 5.75 Å². The molecule has 1 aliphatic rings. The molecule has 1 N–H and O–H groups in total. The number of rotatable bonds is 1. The molecule has 0 amide bonds. The van der Waals surface area contributed by atoms with E-state index in [1.807, 2.05) is 13.0 Å². The van der Waals surface area contributed by atoms with Crippen LogP contribution in [0.3, 0.4) is 0 Å². The largest absolute Gasteiger partial charge is 0.508 e. The van der Waals surface area contributed by atoms with Crippen LogP contribution in [0.1, 0.15) is 22.8 Å². The standard InChI is InChI=1S/C16H20O2Si/c1-11(7-8-19(2,3)4)14-9-12-5-6-13(17)10-15(12)16(14)18/h5-6,10-11,14,17H,9H2,1-4H3. The minimum absolute atomic E-state index is 0.0550. The average molecular weight is 272 g/mol. The third-order valence-corrected chi connectivity index (χ3v) is 4.31. The minimum Gasteiger partial charge on any atom is -0.508 e. The fourth-order valence-electron chi connectivity index (χ4n) is 2.34. The zero-order chi connectivity index (χ0) is 14.2. The molecule has 2 nitrogen and oxygen atoms in total. The van der Waals surface area contributed by atoms with Gasteiger partial charge in [-0.2, -0.15) is 0 Å². The predicted octanol–water partition coefficient (Wildman–Crippen LogP) is 3.26. The van der Waals surface area contributed by atoms with E-state index in [4.69, 9.17) is 0 Å². The third-order valence-electron chi connectivity index (χ3n) is 3.41. The van der Waals surface area contributed by atoms with Gasteiger partial charge in [0.25, 0.3) is 0 Å². The molecule has 2 atom stereocenters. The van der Waals surface area contributed by atoms with Gasteiger partial charge in [0.05, 0.1) is 0 Å². The van der Waals surface area contributed by atoms with Gasteiger partial charge in [-0.1, -0.05) is 32.6 Å². The summed E-state index contributed by atoms with van der Waals surface area (Å²) in [7, 11) is -1.39. The molecule has 0 spiro atoms. The zero-order valence-corrected chi connectivity index (χ0v) is 12.9. The first-order chi connectivity index (χ1) is 8.78. The normalized spacial score (nSPS) is 19.6. The highest BCUT2D eigenvalue weighted by Crippen LogP contribution is 2.33. The van der Waals surface area contributed by atoms with Crippen molar-refractivity contribution in [3.63, 3.8) is 0 Å². The summed E-state index contributed by atoms with van der Waals surface area (Å²) >= 11 is 0. The fourth-order valence-corrected chi connectivity index (χ4v) is 3.00. The van der Waals surface area contributed by atoms with E-state index < -0.39 is 8.07 Å². The van der Waals surface area contributed by atoms with Crippen LogP contribution in [-0.2, 0) is 6.42 Å². The number of phenolic OH excluding ortho intramolecular Hbond substituents is 1. The highest BCUT2D eigenvalue weighted by Gasteiger charge is 2.33. The molecule has 19 heavy (non-hydrogen) atoms. The van der Waals surface area contributed by atoms with Gasteiger partial charge in [-0.25, -0.2) is 0 Å². The number of carbonyl (C=O) groups excluding carboxylic acids is 1. The molecule has 1 aromatic rings. The summed E-state index contributed by atoms with van der Waals surface area (Å²) in [6, 6.07) is 5.07. The first kappa shape index (κ1) is 13.9. The smallest absolute Gasteiger partial charge is 0.167 e. The van der Waals surface area contributed by atoms with Crippen molar-refractivity contribution in [1.29, 1.82) is 0 Å². The lowest BCUT2D eigenvalue weighted by atomic mass is 9.91. The zero-order valence-electron chi connectivity index (χ0n) is 11.9. The Bertz CT molecular complexity index is 573. The molecule has 100 valence electrons. The number of phenols is 1. The Hall–Kier alpha value is -1.53. The van der Waals surface area contributed by atoms with Crippen LogP contribution < -0.4 is 0 Å². The molecule has 3 heteroatoms. The van der Waals surface area contributed by atoms with Crippen LogP contribution in [0, 0.1) is 23.3 Å². The van der Waals surface area contributed by atoms with Crippen molar-refractivity contribution in [2.75, 3.05) is 0 Å². The molecule has 0 aliphatic heterocycles. The topological polar surface area (TPSA) is 37.3 Å². The number of aromatic hydroxyl groups is 1. The lowest BCUT2D eigenvalue weighted by Crippen LogP contribution is -2.20. The van der Waals surface area contributed by atoms with Crippen molar-refractivity contribution >= 4 is 13.9 Å². The number of ketones is 1. The van der Waals surface area contributed by atoms with Gasteiger partial charge in [-0.3, -0.25) is 4.79 Å². The third kappa shape index (κ3) is 3.08. The van der Waals surface area contributed by atoms with E-state index in [2.05, 4.69) is 31.1 Å². The van der Waals surface area contributed by atoms with Gasteiger partial charge in [0.15, 0.2) is 5.78 Å². The quantitative estimate of drug-likeness (QED) is 0.629. The lowest BCUT2D eigenvalue weighted by molar-refractivity contribution is 0.0916. The molecule has 2 unspecified atom stereocenters. The minimum atomic E-state index is -1.39. The van der Waals surface area contributed by atoms with Crippen LogP contribution in [0.15, 0.2) is 18.2 Å². The summed E-state index contributed by atoms with van der Waals surface area (Å²) < 4.78 is 0. The molecule has 1 aliphatic carbocycles. The van der Waals surface area contributed by atoms with E-state index in [1.165, 1.54) is 0 Å². The van der Waals surface area contributed by atoms with Gasteiger partial charge in [-0.15, -0.1) is 11.5 Å². The molecule has 0 fully saturated rings. The Kier molecular flexibility index (Phi) is 3.55. The Morgan fingerprint density at radius 1 is 1.37 bits per heavy atom. The Balaban J connectivity index is 2.22. The summed E-state index contributed by atoms with van der Waals surface area (Å²) in [6.45, 7) is 8.64. The monoisotopic (exact) mass is 272 g/mol. The van der Waals surface area contributed by atoms with E-state index in [-0.39, 0.29) is 23.4 Å². The fraction of sp³-hybridized carbons (Fsp3) is 0.438. The summed E-state index contributed by atoms with van der Waals surface area (Å²) in [6.07, 6.45) is 0.746. The van der Waals surface area contributed by atoms with Gasteiger partial charge in [-0.05, 0) is 24.1 Å². The highest BCUT2D eigenvalue weighted by molar-refractivity contribution is 6.83. The number of hydrogen-bond acceptors (Lipinski definition) is 2. The molecule has 0 heterocycles. The van der Waals surface area contributed by atoms with Gasteiger partial charge >= 0.3 is 0 Å². The van der Waals surface area contributed by atoms with Crippen LogP contribution in [0.4, 0.5) is 0 Å². The predicted molar refractivity (Wildman–Crippen MR) is 79.9 cm³/mol. The maximum atomic E-state index is 12.3. The van der Waals surface area contributed by atoms with Crippen molar-refractivity contribution in [3.8, 4) is 17.2 Å². The van der Waals surface area contributed by atoms with Gasteiger partial charge in [0, 0.05) is 17.4 Å². The van der Waals surface area contributed by atoms with E-state index in [0.717, 1.165) is 12.0 Å². The van der Waals surface area contributed by atoms with E-state index >= 15 is 0 Å². The number of hydrogen-bond donors (Lipinski definition) is 1. The van der Waals surface area contributed by atoms with Crippen molar-refractivity contribution in [2.24, 2.45) is 11.8 Å². The Morgan fingerprint density at radius 2 is 2.05 bits per heavy atom. The molecule has 0 aromatic heterocycles. The van der Waals surface area contributed by atoms with Crippen LogP contribution >= 0.6 is 0 Å². The van der Waals surface area contributed by atoms with E-state index in [1.54, 1.807) is 12.1 Å². The molecule has 0 saturated heterocycles. The second kappa shape index (κ2) is 4.86. The maximum absolute atomic E-state index is 12.3. The van der Waals surface area contributed by atoms with E-state index in [0.29, 0.717) is 5.56 Å². The van der Waals surface area contributed by atoms with Crippen LogP contribution in [0.25, 0.3) is 0 Å². The average Bonchev–Trinajstić information content (AvgIpc) is 2.63. The number of carbonyl (C=O) groups is 1. The van der Waals surface area contributed by atoms with Gasteiger partial charge < -0.3 is 5.11 Å². The van der Waals surface area contributed by atoms with Crippen LogP contribution in [0.2, 0.25) is 19.6 Å². The second-order valence-electron chi connectivity index (χ2n) is 6.32. The number of benzene rings is 1. The summed E-state index contributed by atoms with van der Waals surface area (Å²) in [5.74, 6) is 3.58. The molecule has 0 bridgehead atoms. The maximum Gasteiger partial charge on any atom is 0.167 e. The van der Waals surface area contributed by atoms with Crippen molar-refractivity contribution in [3.05, 3.63) is 29.3 Å². The van der Waals surface area contributed by atoms with Crippen LogP contribution in [-0.4, -0.2) is 19.0 Å². The lowest BCUT2D eigenvalue weighted by Gasteiger charge is -2.12. The van der Waals surface area contributed by atoms with Gasteiger partial charge in [0.2, 0.25) is 0 Å². The van der Waals surface area contributed by atoms with Crippen molar-refractivity contribution in [1.82, 2.24) is 0 Å². The molecule has 0 saturated carbocycles. The second-order valence-corrected chi connectivity index (χ2v) is 11.1. The summed E-state index contributed by atoms with van der Waals surface area (Å²) in [4.78, 5) is 12.3. The van der Waals surface area contributed by atoms with Crippen molar-refractivity contribution in [2.45, 2.75) is 33.0 Å². The van der Waals surface area contributed by atoms with E-state index in [9.17, 15) is 9.90 Å². The van der Waals surface area contributed by atoms with Gasteiger partial charge in [0.1, 0.15) is 13.8 Å². The Labute approximate surface area is 115 Å². The molecule has 1 aromatic carbocycles. The first-order valence-corrected chi connectivity index (χ1v) is 10.2. The number of fused-ring (bicyclic) bond motifs is 1. The Morgan fingerprint density at radius 3 is 2.68 bits per heavy atom. The molecule has 0 radical (unpaired) electrons. The summed E-state index contributed by atoms with van der Waals surface area (Å²) in [5.41, 5.74) is 5.05. The molecule has 2 rings (SSSR count). The number of Topliss-reactive ketones (excluding diaryl/α,β-unsaturated/α-hetero) is 1. The first-order valence-electron chi connectivity index (χ1n) is 6.67.